The summed E-state index contributed by atoms with van der Waals surface area (Å²) in [5, 5.41) is 3.88. The number of hydrogen-bond acceptors (Lipinski definition) is 6. The summed E-state index contributed by atoms with van der Waals surface area (Å²) >= 11 is 0. The number of pyridine rings is 1. The molecule has 0 unspecified atom stereocenters. The molecule has 0 aromatic carbocycles. The molecular weight excluding hydrogens is 280 g/mol. The molecule has 1 saturated heterocycles. The van der Waals surface area contributed by atoms with Gasteiger partial charge in [-0.3, -0.25) is 9.88 Å². The topological polar surface area (TPSA) is 64.3 Å². The lowest BCUT2D eigenvalue weighted by Crippen LogP contribution is -2.39. The van der Waals surface area contributed by atoms with Crippen LogP contribution in [0.1, 0.15) is 37.2 Å². The van der Waals surface area contributed by atoms with Gasteiger partial charge in [0.1, 0.15) is 6.61 Å². The van der Waals surface area contributed by atoms with Crippen molar-refractivity contribution in [2.75, 3.05) is 13.1 Å². The van der Waals surface area contributed by atoms with E-state index in [0.29, 0.717) is 12.5 Å². The molecule has 1 atom stereocenters. The first-order chi connectivity index (χ1) is 10.8. The van der Waals surface area contributed by atoms with E-state index in [1.165, 1.54) is 0 Å². The fourth-order valence-corrected chi connectivity index (χ4v) is 2.70. The van der Waals surface area contributed by atoms with Crippen molar-refractivity contribution in [2.45, 2.75) is 45.4 Å². The van der Waals surface area contributed by atoms with Crippen molar-refractivity contribution in [3.8, 4) is 0 Å². The van der Waals surface area contributed by atoms with Crippen molar-refractivity contribution in [2.24, 2.45) is 0 Å². The summed E-state index contributed by atoms with van der Waals surface area (Å²) in [6.07, 6.45) is 5.06. The van der Waals surface area contributed by atoms with Crippen molar-refractivity contribution in [1.29, 1.82) is 0 Å². The third-order valence-electron chi connectivity index (χ3n) is 3.84. The summed E-state index contributed by atoms with van der Waals surface area (Å²) in [5.74, 6) is 1.30. The predicted molar refractivity (Wildman–Crippen MR) is 81.0 cm³/mol. The van der Waals surface area contributed by atoms with Crippen molar-refractivity contribution < 1.29 is 9.26 Å². The van der Waals surface area contributed by atoms with Gasteiger partial charge in [0.15, 0.2) is 5.82 Å². The van der Waals surface area contributed by atoms with Crippen LogP contribution < -0.4 is 0 Å². The number of hydrogen-bond donors (Lipinski definition) is 0. The molecule has 2 aromatic heterocycles. The van der Waals surface area contributed by atoms with Crippen molar-refractivity contribution >= 4 is 0 Å². The van der Waals surface area contributed by atoms with Crippen LogP contribution in [0.5, 0.6) is 0 Å². The Morgan fingerprint density at radius 1 is 1.41 bits per heavy atom. The van der Waals surface area contributed by atoms with Gasteiger partial charge in [-0.2, -0.15) is 4.98 Å². The van der Waals surface area contributed by atoms with Crippen LogP contribution in [0.25, 0.3) is 0 Å². The Labute approximate surface area is 130 Å². The first-order valence-corrected chi connectivity index (χ1v) is 7.89. The summed E-state index contributed by atoms with van der Waals surface area (Å²) in [5.41, 5.74) is 1.10. The maximum atomic E-state index is 5.94. The van der Waals surface area contributed by atoms with Crippen LogP contribution in [-0.4, -0.2) is 39.2 Å². The van der Waals surface area contributed by atoms with E-state index in [2.05, 4.69) is 26.1 Å². The molecule has 0 spiro atoms. The lowest BCUT2D eigenvalue weighted by atomic mass is 10.1. The maximum Gasteiger partial charge on any atom is 0.252 e. The Balaban J connectivity index is 1.48. The molecule has 0 radical (unpaired) electrons. The summed E-state index contributed by atoms with van der Waals surface area (Å²) < 4.78 is 11.1. The van der Waals surface area contributed by atoms with E-state index in [1.807, 2.05) is 25.3 Å². The highest BCUT2D eigenvalue weighted by Crippen LogP contribution is 2.16. The molecule has 1 aliphatic rings. The second-order valence-electron chi connectivity index (χ2n) is 5.59. The maximum absolute atomic E-state index is 5.94. The Morgan fingerprint density at radius 2 is 2.36 bits per heavy atom. The first-order valence-electron chi connectivity index (χ1n) is 7.89. The smallest absolute Gasteiger partial charge is 0.252 e. The highest BCUT2D eigenvalue weighted by atomic mass is 16.5. The SMILES string of the molecule is CCc1noc(CO[C@@H]2CCCN(Cc3ccccn3)C2)n1. The van der Waals surface area contributed by atoms with E-state index < -0.39 is 0 Å². The average molecular weight is 302 g/mol. The third-order valence-corrected chi connectivity index (χ3v) is 3.84. The van der Waals surface area contributed by atoms with Crippen LogP contribution >= 0.6 is 0 Å². The van der Waals surface area contributed by atoms with Crippen LogP contribution in [-0.2, 0) is 24.3 Å². The molecule has 0 N–H and O–H groups in total. The number of ether oxygens (including phenoxy) is 1. The minimum absolute atomic E-state index is 0.217. The zero-order chi connectivity index (χ0) is 15.2. The molecule has 22 heavy (non-hydrogen) atoms. The van der Waals surface area contributed by atoms with E-state index in [0.717, 1.165) is 50.4 Å². The largest absolute Gasteiger partial charge is 0.367 e. The molecule has 6 heteroatoms. The Hall–Kier alpha value is -1.79. The molecule has 118 valence electrons. The van der Waals surface area contributed by atoms with E-state index in [-0.39, 0.29) is 6.10 Å². The standard InChI is InChI=1S/C16H22N4O2/c1-2-15-18-16(22-19-15)12-21-14-7-5-9-20(11-14)10-13-6-3-4-8-17-13/h3-4,6,8,14H,2,5,7,9-12H2,1H3/t14-/m1/s1. The number of piperidine rings is 1. The summed E-state index contributed by atoms with van der Waals surface area (Å²) in [7, 11) is 0. The minimum atomic E-state index is 0.217. The van der Waals surface area contributed by atoms with E-state index in [1.54, 1.807) is 0 Å². The molecule has 0 aliphatic carbocycles. The van der Waals surface area contributed by atoms with Gasteiger partial charge in [0.2, 0.25) is 0 Å². The summed E-state index contributed by atoms with van der Waals surface area (Å²) in [6, 6.07) is 6.04. The summed E-state index contributed by atoms with van der Waals surface area (Å²) in [4.78, 5) is 11.1. The van der Waals surface area contributed by atoms with Crippen LogP contribution in [0.4, 0.5) is 0 Å². The van der Waals surface area contributed by atoms with Crippen molar-refractivity contribution in [3.63, 3.8) is 0 Å². The highest BCUT2D eigenvalue weighted by Gasteiger charge is 2.21. The molecular formula is C16H22N4O2. The molecule has 1 fully saturated rings. The Kier molecular flexibility index (Phi) is 5.13. The monoisotopic (exact) mass is 302 g/mol. The number of aryl methyl sites for hydroxylation is 1. The van der Waals surface area contributed by atoms with Gasteiger partial charge in [-0.1, -0.05) is 18.1 Å². The zero-order valence-electron chi connectivity index (χ0n) is 12.9. The number of likely N-dealkylation sites (tertiary alicyclic amines) is 1. The van der Waals surface area contributed by atoms with Crippen LogP contribution in [0, 0.1) is 0 Å². The minimum Gasteiger partial charge on any atom is -0.367 e. The predicted octanol–water partition coefficient (Wildman–Crippen LogP) is 2.21. The Morgan fingerprint density at radius 3 is 3.14 bits per heavy atom. The van der Waals surface area contributed by atoms with Gasteiger partial charge >= 0.3 is 0 Å². The van der Waals surface area contributed by atoms with Crippen LogP contribution in [0.3, 0.4) is 0 Å². The molecule has 0 saturated carbocycles. The second-order valence-corrected chi connectivity index (χ2v) is 5.59. The zero-order valence-corrected chi connectivity index (χ0v) is 12.9. The lowest BCUT2D eigenvalue weighted by molar-refractivity contribution is -0.0213. The van der Waals surface area contributed by atoms with Gasteiger partial charge in [-0.15, -0.1) is 0 Å². The highest BCUT2D eigenvalue weighted by molar-refractivity contribution is 5.03. The van der Waals surface area contributed by atoms with Crippen molar-refractivity contribution in [3.05, 3.63) is 41.8 Å². The number of aromatic nitrogens is 3. The van der Waals surface area contributed by atoms with Gasteiger partial charge < -0.3 is 9.26 Å². The van der Waals surface area contributed by atoms with E-state index in [9.17, 15) is 0 Å². The van der Waals surface area contributed by atoms with Crippen LogP contribution in [0.2, 0.25) is 0 Å². The second kappa shape index (κ2) is 7.47. The third kappa shape index (κ3) is 4.11. The normalized spacial score (nSPS) is 19.4. The number of nitrogens with zero attached hydrogens (tertiary/aromatic N) is 4. The van der Waals surface area contributed by atoms with Gasteiger partial charge in [0.05, 0.1) is 11.8 Å². The molecule has 1 aliphatic heterocycles. The van der Waals surface area contributed by atoms with Gasteiger partial charge in [0, 0.05) is 25.7 Å². The molecule has 0 bridgehead atoms. The Bertz CT molecular complexity index is 573. The summed E-state index contributed by atoms with van der Waals surface area (Å²) in [6.45, 7) is 5.30. The molecule has 6 nitrogen and oxygen atoms in total. The quantitative estimate of drug-likeness (QED) is 0.815. The van der Waals surface area contributed by atoms with E-state index in [4.69, 9.17) is 9.26 Å². The molecule has 2 aromatic rings. The fourth-order valence-electron chi connectivity index (χ4n) is 2.70. The van der Waals surface area contributed by atoms with Gasteiger partial charge in [-0.05, 0) is 31.5 Å². The van der Waals surface area contributed by atoms with Gasteiger partial charge in [0.25, 0.3) is 5.89 Å². The molecule has 0 amide bonds. The first kappa shape index (κ1) is 15.1. The average Bonchev–Trinajstić information content (AvgIpc) is 3.02. The lowest BCUT2D eigenvalue weighted by Gasteiger charge is -2.32. The fraction of sp³-hybridized carbons (Fsp3) is 0.562. The van der Waals surface area contributed by atoms with Crippen molar-refractivity contribution in [1.82, 2.24) is 20.0 Å². The van der Waals surface area contributed by atoms with E-state index >= 15 is 0 Å². The molecule has 3 rings (SSSR count). The van der Waals surface area contributed by atoms with Gasteiger partial charge in [-0.25, -0.2) is 0 Å². The van der Waals surface area contributed by atoms with Crippen LogP contribution in [0.15, 0.2) is 28.9 Å². The molecule has 3 heterocycles. The number of rotatable bonds is 6.